The molecule has 0 heterocycles. The zero-order chi connectivity index (χ0) is 44.7. The Balaban J connectivity index is 1.02. The fraction of sp³-hybridized carbons (Fsp3) is 0.147. The summed E-state index contributed by atoms with van der Waals surface area (Å²) >= 11 is 0. The van der Waals surface area contributed by atoms with E-state index in [1.165, 1.54) is 105 Å². The van der Waals surface area contributed by atoms with Crippen LogP contribution < -0.4 is 0 Å². The summed E-state index contributed by atoms with van der Waals surface area (Å²) in [5, 5.41) is 10.6. The van der Waals surface area contributed by atoms with Gasteiger partial charge in [-0.1, -0.05) is 231 Å². The van der Waals surface area contributed by atoms with E-state index in [2.05, 4.69) is 243 Å². The van der Waals surface area contributed by atoms with Gasteiger partial charge in [-0.15, -0.1) is 0 Å². The van der Waals surface area contributed by atoms with E-state index in [-0.39, 0.29) is 0 Å². The van der Waals surface area contributed by atoms with Crippen molar-refractivity contribution in [3.05, 3.63) is 265 Å². The summed E-state index contributed by atoms with van der Waals surface area (Å²) in [6.07, 6.45) is 63.5. The highest BCUT2D eigenvalue weighted by molar-refractivity contribution is 6.20. The third-order valence-corrected chi connectivity index (χ3v) is 16.3. The summed E-state index contributed by atoms with van der Waals surface area (Å²) in [7, 11) is 0. The van der Waals surface area contributed by atoms with Gasteiger partial charge in [0.25, 0.3) is 0 Å². The highest BCUT2D eigenvalue weighted by Crippen LogP contribution is 2.49. The summed E-state index contributed by atoms with van der Waals surface area (Å²) in [6.45, 7) is 0. The second-order valence-corrected chi connectivity index (χ2v) is 20.1. The Kier molecular flexibility index (Phi) is 9.36. The van der Waals surface area contributed by atoms with Crippen molar-refractivity contribution in [3.8, 4) is 11.1 Å². The molecule has 0 radical (unpaired) electrons. The van der Waals surface area contributed by atoms with Crippen molar-refractivity contribution in [1.82, 2.24) is 0 Å². The van der Waals surface area contributed by atoms with Gasteiger partial charge in [-0.05, 0) is 130 Å². The molecule has 0 fully saturated rings. The fourth-order valence-electron chi connectivity index (χ4n) is 12.9. The van der Waals surface area contributed by atoms with E-state index in [4.69, 9.17) is 0 Å². The predicted molar refractivity (Wildman–Crippen MR) is 292 cm³/mol. The normalized spacial score (nSPS) is 27.0. The monoisotopic (exact) mass is 868 g/mol. The number of benzene rings is 6. The first-order valence-corrected chi connectivity index (χ1v) is 25.0. The molecule has 0 spiro atoms. The smallest absolute Gasteiger partial charge is 0.00567 e. The van der Waals surface area contributed by atoms with Gasteiger partial charge in [0.2, 0.25) is 0 Å². The average Bonchev–Trinajstić information content (AvgIpc) is 3.40. The first kappa shape index (κ1) is 39.6. The molecule has 0 amide bonds. The first-order chi connectivity index (χ1) is 33.7. The third kappa shape index (κ3) is 6.49. The van der Waals surface area contributed by atoms with Crippen molar-refractivity contribution in [2.75, 3.05) is 0 Å². The van der Waals surface area contributed by atoms with Crippen molar-refractivity contribution < 1.29 is 0 Å². The van der Waals surface area contributed by atoms with Gasteiger partial charge in [0, 0.05) is 41.4 Å². The van der Waals surface area contributed by atoms with Gasteiger partial charge >= 0.3 is 0 Å². The predicted octanol–water partition coefficient (Wildman–Crippen LogP) is 17.4. The van der Waals surface area contributed by atoms with Gasteiger partial charge in [0.1, 0.15) is 0 Å². The lowest BCUT2D eigenvalue weighted by Gasteiger charge is -2.30. The molecular formula is C68H52. The summed E-state index contributed by atoms with van der Waals surface area (Å²) in [4.78, 5) is 0. The maximum Gasteiger partial charge on any atom is 0.00567 e. The average molecular weight is 869 g/mol. The molecular weight excluding hydrogens is 817 g/mol. The van der Waals surface area contributed by atoms with Crippen LogP contribution in [-0.2, 0) is 0 Å². The number of hydrogen-bond donors (Lipinski definition) is 0. The molecule has 8 unspecified atom stereocenters. The molecule has 0 saturated heterocycles. The molecule has 0 aliphatic heterocycles. The largest absolute Gasteiger partial charge is 0.0805 e. The second-order valence-electron chi connectivity index (χ2n) is 20.1. The highest BCUT2D eigenvalue weighted by Gasteiger charge is 2.29. The number of rotatable bonds is 5. The van der Waals surface area contributed by atoms with Crippen LogP contribution in [0.15, 0.2) is 243 Å². The van der Waals surface area contributed by atoms with Crippen LogP contribution in [0.1, 0.15) is 35.1 Å². The number of fused-ring (bicyclic) bond motifs is 8. The van der Waals surface area contributed by atoms with E-state index < -0.39 is 0 Å². The van der Waals surface area contributed by atoms with E-state index in [1.54, 1.807) is 0 Å². The minimum absolute atomic E-state index is 0.334. The number of hydrogen-bond acceptors (Lipinski definition) is 0. The molecule has 8 atom stereocenters. The Bertz CT molecular complexity index is 3660. The summed E-state index contributed by atoms with van der Waals surface area (Å²) < 4.78 is 0. The Labute approximate surface area is 399 Å². The van der Waals surface area contributed by atoms with Gasteiger partial charge < -0.3 is 0 Å². The van der Waals surface area contributed by atoms with E-state index in [1.807, 2.05) is 0 Å². The topological polar surface area (TPSA) is 0 Å². The van der Waals surface area contributed by atoms with Crippen molar-refractivity contribution in [3.63, 3.8) is 0 Å². The molecule has 324 valence electrons. The molecule has 0 saturated carbocycles. The Hall–Kier alpha value is -7.54. The lowest BCUT2D eigenvalue weighted by molar-refractivity contribution is 0.499. The molecule has 68 heavy (non-hydrogen) atoms. The molecule has 14 rings (SSSR count). The van der Waals surface area contributed by atoms with Gasteiger partial charge in [0.05, 0.1) is 0 Å². The van der Waals surface area contributed by atoms with Gasteiger partial charge in [-0.2, -0.15) is 0 Å². The zero-order valence-electron chi connectivity index (χ0n) is 38.1. The minimum Gasteiger partial charge on any atom is -0.0805 e. The summed E-state index contributed by atoms with van der Waals surface area (Å²) in [5.74, 6) is 3.21. The Morgan fingerprint density at radius 3 is 1.13 bits per heavy atom. The number of allylic oxidation sites excluding steroid dienone is 30. The highest BCUT2D eigenvalue weighted by atomic mass is 14.3. The fourth-order valence-corrected chi connectivity index (χ4v) is 12.9. The van der Waals surface area contributed by atoms with Gasteiger partial charge in [0.15, 0.2) is 0 Å². The maximum absolute atomic E-state index is 2.59. The maximum atomic E-state index is 2.59. The van der Waals surface area contributed by atoms with Crippen molar-refractivity contribution in [2.24, 2.45) is 47.3 Å². The van der Waals surface area contributed by atoms with Crippen LogP contribution in [0.5, 0.6) is 0 Å². The second kappa shape index (κ2) is 16.1. The quantitative estimate of drug-likeness (QED) is 0.151. The van der Waals surface area contributed by atoms with E-state index in [0.717, 1.165) is 6.42 Å². The van der Waals surface area contributed by atoms with Crippen molar-refractivity contribution in [1.29, 1.82) is 0 Å². The van der Waals surface area contributed by atoms with Crippen molar-refractivity contribution >= 4 is 65.4 Å². The van der Waals surface area contributed by atoms with Crippen LogP contribution in [0.3, 0.4) is 0 Å². The van der Waals surface area contributed by atoms with Crippen LogP contribution in [0.4, 0.5) is 0 Å². The third-order valence-electron chi connectivity index (χ3n) is 16.3. The lowest BCUT2D eigenvalue weighted by Crippen LogP contribution is -2.15. The van der Waals surface area contributed by atoms with E-state index in [9.17, 15) is 0 Å². The lowest BCUT2D eigenvalue weighted by atomic mass is 9.74. The van der Waals surface area contributed by atoms with Crippen LogP contribution in [-0.4, -0.2) is 0 Å². The van der Waals surface area contributed by atoms with Gasteiger partial charge in [-0.3, -0.25) is 0 Å². The van der Waals surface area contributed by atoms with Gasteiger partial charge in [-0.25, -0.2) is 0 Å². The van der Waals surface area contributed by atoms with Crippen LogP contribution in [0.25, 0.3) is 76.5 Å². The molecule has 0 nitrogen and oxygen atoms in total. The molecule has 8 aliphatic carbocycles. The molecule has 0 bridgehead atoms. The Morgan fingerprint density at radius 1 is 0.294 bits per heavy atom. The van der Waals surface area contributed by atoms with Crippen LogP contribution >= 0.6 is 0 Å². The molecule has 0 N–H and O–H groups in total. The molecule has 0 aromatic heterocycles. The SMILES string of the molecule is C1=CC2C=CC(c3c4ccccc4c(C4=CC5C=CC=CC5C=C4)c4cc(-c5ccc6c(C7=CC8C=CC=CC8CC7)c7ccccc7c(C7=CC8C=CC=CC8C=C7)c6c5)ccc34)=CC2C=C1. The standard InChI is InChI=1S/C68H52/c1-5-17-47-37-53(29-25-43(47)13-1)65-57-21-9-11-23-59(57)67(55-31-27-45-15-3-7-19-49(45)39-55)63-41-51(33-35-61(63)65)52-34-36-62-64(42-52)68(56-32-28-46-16-4-8-20-50(46)40-56)60-24-12-10-22-58(60)66(62)54-30-26-44-14-2-6-18-48(44)38-54/h1-25,27-29,31-50H,26,30H2. The summed E-state index contributed by atoms with van der Waals surface area (Å²) in [6, 6.07) is 33.2. The van der Waals surface area contributed by atoms with Crippen LogP contribution in [0, 0.1) is 47.3 Å². The molecule has 0 heteroatoms. The Morgan fingerprint density at radius 2 is 0.662 bits per heavy atom. The minimum atomic E-state index is 0.334. The molecule has 6 aromatic rings. The first-order valence-electron chi connectivity index (χ1n) is 25.0. The van der Waals surface area contributed by atoms with E-state index in [0.29, 0.717) is 47.3 Å². The molecule has 6 aromatic carbocycles. The summed E-state index contributed by atoms with van der Waals surface area (Å²) in [5.41, 5.74) is 13.3. The van der Waals surface area contributed by atoms with Crippen LogP contribution in [0.2, 0.25) is 0 Å². The molecule has 8 aliphatic rings. The van der Waals surface area contributed by atoms with Crippen molar-refractivity contribution in [2.45, 2.75) is 12.8 Å². The van der Waals surface area contributed by atoms with E-state index >= 15 is 0 Å². The zero-order valence-corrected chi connectivity index (χ0v) is 38.1.